The quantitative estimate of drug-likeness (QED) is 0.677. The molecule has 24 heavy (non-hydrogen) atoms. The molecular formula is C20H27NO3. The molecule has 1 atom stereocenters. The van der Waals surface area contributed by atoms with Crippen LogP contribution < -0.4 is 14.8 Å². The molecule has 2 heterocycles. The summed E-state index contributed by atoms with van der Waals surface area (Å²) >= 11 is 0. The van der Waals surface area contributed by atoms with Gasteiger partial charge in [0, 0.05) is 0 Å². The van der Waals surface area contributed by atoms with Crippen LogP contribution in [0.25, 0.3) is 0 Å². The molecule has 0 unspecified atom stereocenters. The molecule has 0 amide bonds. The molecule has 130 valence electrons. The summed E-state index contributed by atoms with van der Waals surface area (Å²) in [5.74, 6) is 3.98. The maximum Gasteiger partial charge on any atom is 0.231 e. The van der Waals surface area contributed by atoms with Crippen molar-refractivity contribution in [3.63, 3.8) is 0 Å². The van der Waals surface area contributed by atoms with E-state index in [1.807, 2.05) is 18.2 Å². The van der Waals surface area contributed by atoms with Crippen LogP contribution in [0, 0.1) is 5.92 Å². The molecule has 4 nitrogen and oxygen atoms in total. The molecule has 0 fully saturated rings. The van der Waals surface area contributed by atoms with Crippen molar-refractivity contribution < 1.29 is 13.9 Å². The van der Waals surface area contributed by atoms with Crippen molar-refractivity contribution in [2.45, 2.75) is 45.6 Å². The lowest BCUT2D eigenvalue weighted by atomic mass is 9.88. The molecule has 3 rings (SSSR count). The van der Waals surface area contributed by atoms with Crippen LogP contribution in [0.3, 0.4) is 0 Å². The second-order valence-corrected chi connectivity index (χ2v) is 6.83. The van der Waals surface area contributed by atoms with E-state index in [0.29, 0.717) is 12.7 Å². The fourth-order valence-corrected chi connectivity index (χ4v) is 3.08. The van der Waals surface area contributed by atoms with Crippen molar-refractivity contribution in [3.8, 4) is 11.5 Å². The van der Waals surface area contributed by atoms with Crippen LogP contribution in [0.1, 0.15) is 50.4 Å². The third-order valence-electron chi connectivity index (χ3n) is 4.51. The minimum absolute atomic E-state index is 0.333. The molecule has 0 spiro atoms. The average Bonchev–Trinajstić information content (AvgIpc) is 3.24. The first-order chi connectivity index (χ1) is 11.7. The maximum absolute atomic E-state index is 5.54. The number of fused-ring (bicyclic) bond motifs is 1. The van der Waals surface area contributed by atoms with E-state index in [9.17, 15) is 0 Å². The fourth-order valence-electron chi connectivity index (χ4n) is 3.08. The van der Waals surface area contributed by atoms with E-state index < -0.39 is 0 Å². The van der Waals surface area contributed by atoms with Gasteiger partial charge >= 0.3 is 0 Å². The van der Waals surface area contributed by atoms with Gasteiger partial charge in [-0.15, -0.1) is 0 Å². The Kier molecular flexibility index (Phi) is 5.81. The second-order valence-electron chi connectivity index (χ2n) is 6.83. The van der Waals surface area contributed by atoms with Crippen LogP contribution in [0.15, 0.2) is 41.0 Å². The van der Waals surface area contributed by atoms with Gasteiger partial charge in [0.25, 0.3) is 0 Å². The van der Waals surface area contributed by atoms with Crippen LogP contribution in [-0.2, 0) is 6.54 Å². The van der Waals surface area contributed by atoms with Crippen LogP contribution >= 0.6 is 0 Å². The number of rotatable bonds is 9. The number of hydrogen-bond acceptors (Lipinski definition) is 4. The first-order valence-electron chi connectivity index (χ1n) is 8.85. The van der Waals surface area contributed by atoms with Gasteiger partial charge in [0.05, 0.1) is 12.8 Å². The lowest BCUT2D eigenvalue weighted by molar-refractivity contribution is 0.174. The van der Waals surface area contributed by atoms with E-state index in [2.05, 4.69) is 31.3 Å². The molecule has 1 aromatic heterocycles. The van der Waals surface area contributed by atoms with Crippen LogP contribution in [-0.4, -0.2) is 13.3 Å². The Bertz CT molecular complexity index is 622. The third kappa shape index (κ3) is 4.54. The second kappa shape index (κ2) is 8.25. The molecule has 0 saturated heterocycles. The molecule has 1 aliphatic heterocycles. The highest BCUT2D eigenvalue weighted by Crippen LogP contribution is 2.36. The molecule has 0 saturated carbocycles. The first kappa shape index (κ1) is 16.9. The van der Waals surface area contributed by atoms with Crippen LogP contribution in [0.5, 0.6) is 11.5 Å². The SMILES string of the molecule is CC(C)CC[C@H](CCNCc1ccco1)c1ccc2c(c1)OCO2. The van der Waals surface area contributed by atoms with Crippen molar-refractivity contribution >= 4 is 0 Å². The molecule has 1 aromatic carbocycles. The van der Waals surface area contributed by atoms with Gasteiger partial charge in [0.15, 0.2) is 11.5 Å². The number of benzene rings is 1. The Morgan fingerprint density at radius 2 is 1.92 bits per heavy atom. The smallest absolute Gasteiger partial charge is 0.231 e. The lowest BCUT2D eigenvalue weighted by Gasteiger charge is -2.19. The van der Waals surface area contributed by atoms with Gasteiger partial charge in [-0.2, -0.15) is 0 Å². The molecule has 1 N–H and O–H groups in total. The summed E-state index contributed by atoms with van der Waals surface area (Å²) in [6.45, 7) is 6.65. The minimum Gasteiger partial charge on any atom is -0.468 e. The van der Waals surface area contributed by atoms with E-state index >= 15 is 0 Å². The van der Waals surface area contributed by atoms with Gasteiger partial charge in [-0.25, -0.2) is 0 Å². The maximum atomic E-state index is 5.54. The Labute approximate surface area is 144 Å². The lowest BCUT2D eigenvalue weighted by Crippen LogP contribution is -2.17. The molecule has 2 aromatic rings. The monoisotopic (exact) mass is 329 g/mol. The van der Waals surface area contributed by atoms with Crippen LogP contribution in [0.4, 0.5) is 0 Å². The fraction of sp³-hybridized carbons (Fsp3) is 0.500. The Morgan fingerprint density at radius 1 is 1.04 bits per heavy atom. The first-order valence-corrected chi connectivity index (χ1v) is 8.85. The van der Waals surface area contributed by atoms with Gasteiger partial charge < -0.3 is 19.2 Å². The summed E-state index contributed by atoms with van der Waals surface area (Å²) in [6, 6.07) is 10.3. The summed E-state index contributed by atoms with van der Waals surface area (Å²) in [5, 5.41) is 3.48. The predicted octanol–water partition coefficient (Wildman–Crippen LogP) is 4.71. The molecule has 1 aliphatic rings. The zero-order chi connectivity index (χ0) is 16.8. The van der Waals surface area contributed by atoms with E-state index in [4.69, 9.17) is 13.9 Å². The van der Waals surface area contributed by atoms with Crippen molar-refractivity contribution in [3.05, 3.63) is 47.9 Å². The summed E-state index contributed by atoms with van der Waals surface area (Å²) in [4.78, 5) is 0. The van der Waals surface area contributed by atoms with E-state index in [1.165, 1.54) is 18.4 Å². The topological polar surface area (TPSA) is 43.6 Å². The Morgan fingerprint density at radius 3 is 2.71 bits per heavy atom. The summed E-state index contributed by atoms with van der Waals surface area (Å²) in [5.41, 5.74) is 1.35. The van der Waals surface area contributed by atoms with E-state index in [-0.39, 0.29) is 0 Å². The van der Waals surface area contributed by atoms with Crippen molar-refractivity contribution in [2.75, 3.05) is 13.3 Å². The molecule has 0 aliphatic carbocycles. The molecule has 0 bridgehead atoms. The minimum atomic E-state index is 0.333. The highest BCUT2D eigenvalue weighted by molar-refractivity contribution is 5.45. The highest BCUT2D eigenvalue weighted by atomic mass is 16.7. The zero-order valence-electron chi connectivity index (χ0n) is 14.6. The summed E-state index contributed by atoms with van der Waals surface area (Å²) in [6.07, 6.45) is 5.25. The Hall–Kier alpha value is -1.94. The van der Waals surface area contributed by atoms with Gasteiger partial charge in [0.1, 0.15) is 5.76 Å². The van der Waals surface area contributed by atoms with Crippen molar-refractivity contribution in [2.24, 2.45) is 5.92 Å². The third-order valence-corrected chi connectivity index (χ3v) is 4.51. The number of ether oxygens (including phenoxy) is 2. The van der Waals surface area contributed by atoms with Crippen LogP contribution in [0.2, 0.25) is 0 Å². The predicted molar refractivity (Wildman–Crippen MR) is 94.4 cm³/mol. The van der Waals surface area contributed by atoms with Gasteiger partial charge in [-0.1, -0.05) is 26.3 Å². The normalized spacial score (nSPS) is 14.3. The summed E-state index contributed by atoms with van der Waals surface area (Å²) < 4.78 is 16.3. The average molecular weight is 329 g/mol. The molecular weight excluding hydrogens is 302 g/mol. The summed E-state index contributed by atoms with van der Waals surface area (Å²) in [7, 11) is 0. The van der Waals surface area contributed by atoms with Gasteiger partial charge in [-0.3, -0.25) is 0 Å². The standard InChI is InChI=1S/C20H27NO3/c1-15(2)5-6-16(9-10-21-13-18-4-3-11-22-18)17-7-8-19-20(12-17)24-14-23-19/h3-4,7-8,11-12,15-16,21H,5-6,9-10,13-14H2,1-2H3/t16-/m1/s1. The van der Waals surface area contributed by atoms with Crippen molar-refractivity contribution in [1.29, 1.82) is 0 Å². The van der Waals surface area contributed by atoms with E-state index in [0.717, 1.165) is 42.7 Å². The molecule has 0 radical (unpaired) electrons. The number of hydrogen-bond donors (Lipinski definition) is 1. The van der Waals surface area contributed by atoms with E-state index in [1.54, 1.807) is 6.26 Å². The number of nitrogens with one attached hydrogen (secondary N) is 1. The largest absolute Gasteiger partial charge is 0.468 e. The van der Waals surface area contributed by atoms with Gasteiger partial charge in [0.2, 0.25) is 6.79 Å². The number of furan rings is 1. The Balaban J connectivity index is 1.57. The van der Waals surface area contributed by atoms with Gasteiger partial charge in [-0.05, 0) is 61.1 Å². The highest BCUT2D eigenvalue weighted by Gasteiger charge is 2.18. The van der Waals surface area contributed by atoms with Crippen molar-refractivity contribution in [1.82, 2.24) is 5.32 Å². The molecule has 4 heteroatoms. The zero-order valence-corrected chi connectivity index (χ0v) is 14.6.